The highest BCUT2D eigenvalue weighted by atomic mass is 19.4. The number of hydrogen-bond acceptors (Lipinski definition) is 9. The van der Waals surface area contributed by atoms with E-state index in [0.717, 1.165) is 78.0 Å². The van der Waals surface area contributed by atoms with Crippen LogP contribution in [-0.2, 0) is 10.9 Å². The van der Waals surface area contributed by atoms with Gasteiger partial charge in [0.1, 0.15) is 18.1 Å². The van der Waals surface area contributed by atoms with Crippen molar-refractivity contribution in [1.29, 1.82) is 0 Å². The van der Waals surface area contributed by atoms with Crippen molar-refractivity contribution >= 4 is 29.1 Å². The van der Waals surface area contributed by atoms with Gasteiger partial charge in [-0.3, -0.25) is 4.90 Å². The van der Waals surface area contributed by atoms with Gasteiger partial charge < -0.3 is 15.0 Å². The van der Waals surface area contributed by atoms with Gasteiger partial charge in [-0.05, 0) is 43.2 Å². The quantitative estimate of drug-likeness (QED) is 0.158. The van der Waals surface area contributed by atoms with Crippen molar-refractivity contribution in [2.75, 3.05) is 49.5 Å². The van der Waals surface area contributed by atoms with E-state index in [2.05, 4.69) is 55.4 Å². The van der Waals surface area contributed by atoms with Gasteiger partial charge in [0.2, 0.25) is 5.95 Å². The molecule has 260 valence electrons. The molecule has 0 atom stereocenters. The fraction of sp³-hybridized carbons (Fsp3) is 0.237. The Kier molecular flexibility index (Phi) is 9.37. The lowest BCUT2D eigenvalue weighted by atomic mass is 10.1. The summed E-state index contributed by atoms with van der Waals surface area (Å²) < 4.78 is 46.9. The normalized spacial score (nSPS) is 13.8. The summed E-state index contributed by atoms with van der Waals surface area (Å²) in [6, 6.07) is 28.1. The van der Waals surface area contributed by atoms with E-state index in [-0.39, 0.29) is 12.6 Å². The van der Waals surface area contributed by atoms with Crippen molar-refractivity contribution in [2.24, 2.45) is 0 Å². The molecule has 1 aliphatic rings. The highest BCUT2D eigenvalue weighted by Crippen LogP contribution is 2.33. The number of carbonyl (C=O) groups excluding carboxylic acids is 1. The van der Waals surface area contributed by atoms with Crippen LogP contribution < -0.4 is 10.2 Å². The summed E-state index contributed by atoms with van der Waals surface area (Å²) in [6.45, 7) is 7.51. The number of fused-ring (bicyclic) bond motifs is 1. The van der Waals surface area contributed by atoms with E-state index in [9.17, 15) is 18.0 Å². The minimum absolute atomic E-state index is 0.184. The molecule has 0 unspecified atom stereocenters. The molecule has 1 N–H and O–H groups in total. The first-order valence-corrected chi connectivity index (χ1v) is 16.6. The van der Waals surface area contributed by atoms with Crippen LogP contribution >= 0.6 is 0 Å². The molecule has 1 aliphatic heterocycles. The standard InChI is InChI=1S/C38H35F3N8O2/c1-25-13-14-29(43-37-42-16-15-32(45-37)38(39,40)41)23-30(25)36(50)51-22-21-47-17-19-48(20-18-47)33-24-31(27-9-5-3-6-10-27)44-35-34(26(2)46-49(33)35)28-11-7-4-8-12-28/h3-16,23-24H,17-22H2,1-2H3,(H,42,43,45). The van der Waals surface area contributed by atoms with E-state index in [4.69, 9.17) is 14.8 Å². The predicted octanol–water partition coefficient (Wildman–Crippen LogP) is 7.21. The number of nitrogens with zero attached hydrogens (tertiary/aromatic N) is 7. The molecule has 3 aromatic carbocycles. The van der Waals surface area contributed by atoms with Crippen LogP contribution in [0.4, 0.5) is 30.6 Å². The third-order valence-corrected chi connectivity index (χ3v) is 8.87. The third kappa shape index (κ3) is 7.38. The molecule has 51 heavy (non-hydrogen) atoms. The number of nitrogens with one attached hydrogen (secondary N) is 1. The van der Waals surface area contributed by atoms with Crippen LogP contribution in [0.15, 0.2) is 97.2 Å². The van der Waals surface area contributed by atoms with Crippen LogP contribution in [0.25, 0.3) is 28.0 Å². The van der Waals surface area contributed by atoms with Crippen LogP contribution in [0, 0.1) is 13.8 Å². The topological polar surface area (TPSA) is 101 Å². The Bertz CT molecular complexity index is 2170. The van der Waals surface area contributed by atoms with E-state index in [1.54, 1.807) is 19.1 Å². The largest absolute Gasteiger partial charge is 0.461 e. The fourth-order valence-corrected chi connectivity index (χ4v) is 6.20. The Labute approximate surface area is 292 Å². The van der Waals surface area contributed by atoms with Crippen LogP contribution in [-0.4, -0.2) is 74.8 Å². The van der Waals surface area contributed by atoms with Crippen molar-refractivity contribution in [2.45, 2.75) is 20.0 Å². The summed E-state index contributed by atoms with van der Waals surface area (Å²) in [5.41, 5.74) is 5.97. The van der Waals surface area contributed by atoms with Crippen molar-refractivity contribution in [3.8, 4) is 22.4 Å². The van der Waals surface area contributed by atoms with Gasteiger partial charge in [0.25, 0.3) is 0 Å². The summed E-state index contributed by atoms with van der Waals surface area (Å²) in [5, 5.41) is 7.70. The first kappa shape index (κ1) is 33.7. The molecular weight excluding hydrogens is 657 g/mol. The van der Waals surface area contributed by atoms with Gasteiger partial charge in [0.05, 0.1) is 17.0 Å². The summed E-state index contributed by atoms with van der Waals surface area (Å²) in [5.74, 6) is 0.223. The molecular formula is C38H35F3N8O2. The van der Waals surface area contributed by atoms with Gasteiger partial charge in [0.15, 0.2) is 5.65 Å². The summed E-state index contributed by atoms with van der Waals surface area (Å²) in [6.07, 6.45) is -3.57. The maximum atomic E-state index is 13.1. The molecule has 0 amide bonds. The van der Waals surface area contributed by atoms with Crippen LogP contribution in [0.5, 0.6) is 0 Å². The number of piperazine rings is 1. The Morgan fingerprint density at radius 1 is 0.863 bits per heavy atom. The van der Waals surface area contributed by atoms with Gasteiger partial charge in [0, 0.05) is 61.8 Å². The number of esters is 1. The number of carbonyl (C=O) groups is 1. The average Bonchev–Trinajstić information content (AvgIpc) is 3.48. The first-order valence-electron chi connectivity index (χ1n) is 16.6. The van der Waals surface area contributed by atoms with Gasteiger partial charge in [-0.1, -0.05) is 66.7 Å². The molecule has 0 radical (unpaired) electrons. The Hall–Kier alpha value is -5.82. The Morgan fingerprint density at radius 2 is 1.57 bits per heavy atom. The second-order valence-corrected chi connectivity index (χ2v) is 12.3. The smallest absolute Gasteiger partial charge is 0.433 e. The lowest BCUT2D eigenvalue weighted by Gasteiger charge is -2.36. The van der Waals surface area contributed by atoms with Crippen molar-refractivity contribution in [3.63, 3.8) is 0 Å². The van der Waals surface area contributed by atoms with Gasteiger partial charge in [-0.15, -0.1) is 0 Å². The minimum atomic E-state index is -4.60. The minimum Gasteiger partial charge on any atom is -0.461 e. The maximum absolute atomic E-state index is 13.1. The average molecular weight is 693 g/mol. The number of anilines is 3. The molecule has 4 heterocycles. The molecule has 0 bridgehead atoms. The molecule has 1 fully saturated rings. The first-order chi connectivity index (χ1) is 24.6. The molecule has 7 rings (SSSR count). The number of benzene rings is 3. The van der Waals surface area contributed by atoms with Crippen molar-refractivity contribution in [3.05, 3.63) is 120 Å². The lowest BCUT2D eigenvalue weighted by molar-refractivity contribution is -0.141. The molecule has 1 saturated heterocycles. The number of rotatable bonds is 9. The molecule has 3 aromatic heterocycles. The number of halogens is 3. The zero-order valence-electron chi connectivity index (χ0n) is 28.1. The Morgan fingerprint density at radius 3 is 2.27 bits per heavy atom. The number of aromatic nitrogens is 5. The molecule has 0 aliphatic carbocycles. The maximum Gasteiger partial charge on any atom is 0.433 e. The van der Waals surface area contributed by atoms with E-state index >= 15 is 0 Å². The molecule has 0 saturated carbocycles. The summed E-state index contributed by atoms with van der Waals surface area (Å²) >= 11 is 0. The fourth-order valence-electron chi connectivity index (χ4n) is 6.20. The molecule has 0 spiro atoms. The van der Waals surface area contributed by atoms with Gasteiger partial charge in [-0.25, -0.2) is 19.7 Å². The number of alkyl halides is 3. The third-order valence-electron chi connectivity index (χ3n) is 8.87. The van der Waals surface area contributed by atoms with Gasteiger partial charge in [-0.2, -0.15) is 22.8 Å². The number of aryl methyl sites for hydroxylation is 2. The zero-order valence-corrected chi connectivity index (χ0v) is 28.1. The van der Waals surface area contributed by atoms with E-state index in [1.165, 1.54) is 6.07 Å². The second-order valence-electron chi connectivity index (χ2n) is 12.3. The monoisotopic (exact) mass is 692 g/mol. The number of ether oxygens (including phenoxy) is 1. The lowest BCUT2D eigenvalue weighted by Crippen LogP contribution is -2.48. The molecule has 6 aromatic rings. The zero-order chi connectivity index (χ0) is 35.5. The van der Waals surface area contributed by atoms with Crippen LogP contribution in [0.2, 0.25) is 0 Å². The van der Waals surface area contributed by atoms with Crippen molar-refractivity contribution < 1.29 is 22.7 Å². The summed E-state index contributed by atoms with van der Waals surface area (Å²) in [7, 11) is 0. The van der Waals surface area contributed by atoms with Crippen LogP contribution in [0.3, 0.4) is 0 Å². The molecule has 13 heteroatoms. The number of hydrogen-bond donors (Lipinski definition) is 1. The highest BCUT2D eigenvalue weighted by molar-refractivity contribution is 5.92. The van der Waals surface area contributed by atoms with Crippen molar-refractivity contribution in [1.82, 2.24) is 29.5 Å². The van der Waals surface area contributed by atoms with E-state index in [0.29, 0.717) is 23.4 Å². The SMILES string of the molecule is Cc1ccc(Nc2nccc(C(F)(F)F)n2)cc1C(=O)OCCN1CCN(c2cc(-c3ccccc3)nc3c(-c4ccccc4)c(C)nn23)CC1. The van der Waals surface area contributed by atoms with Crippen LogP contribution in [0.1, 0.15) is 27.3 Å². The highest BCUT2D eigenvalue weighted by Gasteiger charge is 2.33. The predicted molar refractivity (Wildman–Crippen MR) is 189 cm³/mol. The van der Waals surface area contributed by atoms with E-state index < -0.39 is 17.8 Å². The summed E-state index contributed by atoms with van der Waals surface area (Å²) in [4.78, 5) is 30.1. The van der Waals surface area contributed by atoms with Gasteiger partial charge >= 0.3 is 12.1 Å². The second kappa shape index (κ2) is 14.2. The molecule has 10 nitrogen and oxygen atoms in total. The Balaban J connectivity index is 1.01. The van der Waals surface area contributed by atoms with E-state index in [1.807, 2.05) is 47.8 Å².